The summed E-state index contributed by atoms with van der Waals surface area (Å²) in [5, 5.41) is 12.4. The minimum atomic E-state index is -1.00. The zero-order valence-corrected chi connectivity index (χ0v) is 20.1. The summed E-state index contributed by atoms with van der Waals surface area (Å²) in [6, 6.07) is 9.85. The van der Waals surface area contributed by atoms with Gasteiger partial charge in [0.1, 0.15) is 5.60 Å². The molecular weight excluding hydrogens is 428 g/mol. The second-order valence-corrected chi connectivity index (χ2v) is 9.68. The largest absolute Gasteiger partial charge is 0.386 e. The Bertz CT molecular complexity index is 1380. The number of pyridine rings is 2. The molecule has 1 aromatic carbocycles. The Morgan fingerprint density at radius 3 is 2.85 bits per heavy atom. The molecule has 0 spiro atoms. The van der Waals surface area contributed by atoms with Gasteiger partial charge in [0.15, 0.2) is 0 Å². The first-order valence-electron chi connectivity index (χ1n) is 11.6. The van der Waals surface area contributed by atoms with E-state index in [0.29, 0.717) is 31.1 Å². The maximum atomic E-state index is 13.2. The summed E-state index contributed by atoms with van der Waals surface area (Å²) in [6.07, 6.45) is 5.94. The van der Waals surface area contributed by atoms with Crippen molar-refractivity contribution in [1.29, 1.82) is 0 Å². The molecule has 1 fully saturated rings. The molecule has 0 radical (unpaired) electrons. The number of amides is 1. The molecule has 0 bridgehead atoms. The van der Waals surface area contributed by atoms with Gasteiger partial charge >= 0.3 is 0 Å². The number of anilines is 1. The average molecular weight is 459 g/mol. The van der Waals surface area contributed by atoms with Crippen molar-refractivity contribution in [1.82, 2.24) is 24.4 Å². The van der Waals surface area contributed by atoms with Crippen molar-refractivity contribution in [3.05, 3.63) is 60.3 Å². The van der Waals surface area contributed by atoms with Crippen LogP contribution >= 0.6 is 0 Å². The Labute approximate surface area is 198 Å². The number of fused-ring (bicyclic) bond motifs is 2. The lowest BCUT2D eigenvalue weighted by molar-refractivity contribution is 0.0265. The molecule has 34 heavy (non-hydrogen) atoms. The Morgan fingerprint density at radius 1 is 1.24 bits per heavy atom. The third-order valence-corrected chi connectivity index (χ3v) is 6.65. The molecule has 1 amide bonds. The normalized spacial score (nSPS) is 18.4. The molecular formula is C26H30N6O2. The number of aromatic nitrogens is 4. The van der Waals surface area contributed by atoms with Crippen molar-refractivity contribution >= 4 is 33.5 Å². The Kier molecular flexibility index (Phi) is 5.48. The van der Waals surface area contributed by atoms with E-state index >= 15 is 0 Å². The Balaban J connectivity index is 1.33. The number of hydrogen-bond acceptors (Lipinski definition) is 6. The molecule has 1 atom stereocenters. The summed E-state index contributed by atoms with van der Waals surface area (Å²) in [4.78, 5) is 30.3. The van der Waals surface area contributed by atoms with Crippen LogP contribution in [-0.2, 0) is 0 Å². The summed E-state index contributed by atoms with van der Waals surface area (Å²) in [6.45, 7) is 7.57. The first-order valence-corrected chi connectivity index (χ1v) is 11.6. The fourth-order valence-corrected chi connectivity index (χ4v) is 4.94. The number of nitrogens with zero attached hydrogens (tertiary/aromatic N) is 6. The van der Waals surface area contributed by atoms with Gasteiger partial charge in [0.2, 0.25) is 0 Å². The van der Waals surface area contributed by atoms with E-state index in [1.165, 1.54) is 0 Å². The summed E-state index contributed by atoms with van der Waals surface area (Å²) in [5.41, 5.74) is 4.21. The van der Waals surface area contributed by atoms with Crippen molar-refractivity contribution < 1.29 is 9.90 Å². The minimum Gasteiger partial charge on any atom is -0.386 e. The maximum Gasteiger partial charge on any atom is 0.253 e. The Morgan fingerprint density at radius 2 is 2.06 bits per heavy atom. The molecule has 4 aromatic rings. The van der Waals surface area contributed by atoms with Crippen molar-refractivity contribution in [3.63, 3.8) is 0 Å². The molecule has 1 saturated heterocycles. The van der Waals surface area contributed by atoms with E-state index in [2.05, 4.69) is 38.3 Å². The molecule has 1 aliphatic heterocycles. The van der Waals surface area contributed by atoms with E-state index in [4.69, 9.17) is 0 Å². The second kappa shape index (κ2) is 8.36. The third-order valence-electron chi connectivity index (χ3n) is 6.65. The topological polar surface area (TPSA) is 87.4 Å². The lowest BCUT2D eigenvalue weighted by atomic mass is 10.0. The molecule has 176 valence electrons. The molecule has 1 N–H and O–H groups in total. The van der Waals surface area contributed by atoms with Crippen LogP contribution < -0.4 is 4.90 Å². The number of β-amino-alcohol motifs (C(OH)–C–C–N with tert-alkyl or cyclic N) is 1. The van der Waals surface area contributed by atoms with Gasteiger partial charge in [-0.2, -0.15) is 0 Å². The zero-order valence-electron chi connectivity index (χ0n) is 20.1. The van der Waals surface area contributed by atoms with Crippen LogP contribution in [0.1, 0.15) is 42.4 Å². The van der Waals surface area contributed by atoms with Crippen molar-refractivity contribution in [2.24, 2.45) is 0 Å². The first-order chi connectivity index (χ1) is 16.2. The Hall–Kier alpha value is -3.52. The van der Waals surface area contributed by atoms with Gasteiger partial charge in [0, 0.05) is 60.9 Å². The average Bonchev–Trinajstić information content (AvgIpc) is 3.41. The number of carbonyl (C=O) groups excluding carboxylic acids is 1. The van der Waals surface area contributed by atoms with Crippen LogP contribution in [0.15, 0.2) is 49.1 Å². The van der Waals surface area contributed by atoms with Gasteiger partial charge in [-0.15, -0.1) is 0 Å². The van der Waals surface area contributed by atoms with Crippen LogP contribution in [0.3, 0.4) is 0 Å². The van der Waals surface area contributed by atoms with E-state index in [-0.39, 0.29) is 12.5 Å². The van der Waals surface area contributed by atoms with Crippen molar-refractivity contribution in [3.8, 4) is 0 Å². The van der Waals surface area contributed by atoms with Crippen LogP contribution in [0.5, 0.6) is 0 Å². The predicted molar refractivity (Wildman–Crippen MR) is 133 cm³/mol. The molecule has 0 saturated carbocycles. The van der Waals surface area contributed by atoms with E-state index < -0.39 is 5.60 Å². The van der Waals surface area contributed by atoms with Crippen LogP contribution in [0.2, 0.25) is 0 Å². The molecule has 5 rings (SSSR count). The van der Waals surface area contributed by atoms with Crippen molar-refractivity contribution in [2.45, 2.75) is 38.8 Å². The minimum absolute atomic E-state index is 0.123. The van der Waals surface area contributed by atoms with Crippen LogP contribution in [-0.4, -0.2) is 67.7 Å². The van der Waals surface area contributed by atoms with Gasteiger partial charge < -0.3 is 19.5 Å². The summed E-state index contributed by atoms with van der Waals surface area (Å²) in [7, 11) is 1.75. The maximum absolute atomic E-state index is 13.2. The fourth-order valence-electron chi connectivity index (χ4n) is 4.94. The molecule has 3 aromatic heterocycles. The van der Waals surface area contributed by atoms with Crippen molar-refractivity contribution in [2.75, 3.05) is 31.6 Å². The van der Waals surface area contributed by atoms with Gasteiger partial charge in [0.05, 0.1) is 29.4 Å². The van der Waals surface area contributed by atoms with Gasteiger partial charge in [-0.1, -0.05) is 0 Å². The molecule has 0 aliphatic carbocycles. The summed E-state index contributed by atoms with van der Waals surface area (Å²) < 4.78 is 2.09. The van der Waals surface area contributed by atoms with Crippen LogP contribution in [0.4, 0.5) is 5.69 Å². The number of rotatable bonds is 5. The molecule has 4 heterocycles. The SMILES string of the molecule is Cc1cc(N2CC[C@](O)(CN(C)C(=O)c3ccc4c(c3)ncn4C(C)C)C2)c2cnccc2n1. The molecule has 8 heteroatoms. The van der Waals surface area contributed by atoms with Crippen LogP contribution in [0, 0.1) is 6.92 Å². The predicted octanol–water partition coefficient (Wildman–Crippen LogP) is 3.58. The molecule has 1 aliphatic rings. The van der Waals surface area contributed by atoms with Gasteiger partial charge in [-0.3, -0.25) is 14.8 Å². The highest BCUT2D eigenvalue weighted by Gasteiger charge is 2.38. The van der Waals surface area contributed by atoms with Gasteiger partial charge in [0.25, 0.3) is 5.91 Å². The monoisotopic (exact) mass is 458 g/mol. The number of hydrogen-bond donors (Lipinski definition) is 1. The number of aliphatic hydroxyl groups is 1. The van der Waals surface area contributed by atoms with Gasteiger partial charge in [-0.25, -0.2) is 4.98 Å². The smallest absolute Gasteiger partial charge is 0.253 e. The highest BCUT2D eigenvalue weighted by atomic mass is 16.3. The number of likely N-dealkylation sites (N-methyl/N-ethyl adjacent to an activating group) is 1. The standard InChI is InChI=1S/C26H30N6O2/c1-17(2)32-16-28-22-12-19(5-6-23(22)32)25(33)30(4)14-26(34)8-10-31(15-26)24-11-18(3)29-21-7-9-27-13-20(21)24/h5-7,9,11-13,16-17,34H,8,10,14-15H2,1-4H3/t26-/m0/s1. The second-order valence-electron chi connectivity index (χ2n) is 9.68. The number of aryl methyl sites for hydroxylation is 1. The van der Waals surface area contributed by atoms with E-state index in [0.717, 1.165) is 33.3 Å². The number of benzene rings is 1. The van der Waals surface area contributed by atoms with E-state index in [1.807, 2.05) is 49.8 Å². The highest BCUT2D eigenvalue weighted by molar-refractivity contribution is 5.97. The molecule has 8 nitrogen and oxygen atoms in total. The van der Waals surface area contributed by atoms with Crippen LogP contribution in [0.25, 0.3) is 21.9 Å². The number of imidazole rings is 1. The quantitative estimate of drug-likeness (QED) is 0.492. The summed E-state index contributed by atoms with van der Waals surface area (Å²) >= 11 is 0. The van der Waals surface area contributed by atoms with E-state index in [1.54, 1.807) is 18.1 Å². The molecule has 0 unspecified atom stereocenters. The van der Waals surface area contributed by atoms with E-state index in [9.17, 15) is 9.90 Å². The zero-order chi connectivity index (χ0) is 24.0. The fraction of sp³-hybridized carbons (Fsp3) is 0.385. The highest BCUT2D eigenvalue weighted by Crippen LogP contribution is 2.32. The van der Waals surface area contributed by atoms with Gasteiger partial charge in [-0.05, 0) is 57.5 Å². The lowest BCUT2D eigenvalue weighted by Gasteiger charge is -2.29. The number of carbonyl (C=O) groups is 1. The third kappa shape index (κ3) is 3.98. The lowest BCUT2D eigenvalue weighted by Crippen LogP contribution is -2.45. The first kappa shape index (κ1) is 22.3. The summed E-state index contributed by atoms with van der Waals surface area (Å²) in [5.74, 6) is -0.123.